The number of benzene rings is 1. The largest absolute Gasteiger partial charge is 0.379 e. The molecule has 3 nitrogen and oxygen atoms in total. The molecule has 1 saturated heterocycles. The van der Waals surface area contributed by atoms with E-state index >= 15 is 0 Å². The van der Waals surface area contributed by atoms with E-state index < -0.39 is 0 Å². The topological polar surface area (TPSA) is 47.3 Å². The van der Waals surface area contributed by atoms with E-state index in [1.54, 1.807) is 0 Å². The van der Waals surface area contributed by atoms with E-state index in [-0.39, 0.29) is 0 Å². The number of rotatable bonds is 1. The van der Waals surface area contributed by atoms with Crippen LogP contribution in [0.3, 0.4) is 0 Å². The van der Waals surface area contributed by atoms with E-state index in [2.05, 4.69) is 5.32 Å². The van der Waals surface area contributed by atoms with Crippen molar-refractivity contribution in [2.45, 2.75) is 6.54 Å². The molecule has 1 aliphatic heterocycles. The number of ether oxygens (including phenoxy) is 1. The molecule has 0 aliphatic carbocycles. The fourth-order valence-corrected chi connectivity index (χ4v) is 1.13. The molecule has 0 unspecified atom stereocenters. The molecule has 1 heterocycles. The highest BCUT2D eigenvalue weighted by Crippen LogP contribution is 1.94. The van der Waals surface area contributed by atoms with Gasteiger partial charge in [-0.2, -0.15) is 0 Å². The zero-order valence-corrected chi connectivity index (χ0v) is 8.41. The minimum absolute atomic E-state index is 0.640. The number of nitrogens with one attached hydrogen (secondary N) is 1. The average molecular weight is 194 g/mol. The molecule has 2 rings (SSSR count). The van der Waals surface area contributed by atoms with E-state index in [1.165, 1.54) is 5.56 Å². The van der Waals surface area contributed by atoms with Gasteiger partial charge in [-0.15, -0.1) is 0 Å². The molecule has 0 saturated carbocycles. The quantitative estimate of drug-likeness (QED) is 0.693. The third-order valence-electron chi connectivity index (χ3n) is 1.92. The van der Waals surface area contributed by atoms with Crippen molar-refractivity contribution in [2.24, 2.45) is 5.73 Å². The summed E-state index contributed by atoms with van der Waals surface area (Å²) in [5.74, 6) is 0. The first-order valence-corrected chi connectivity index (χ1v) is 4.96. The second-order valence-electron chi connectivity index (χ2n) is 3.05. The molecule has 0 bridgehead atoms. The summed E-state index contributed by atoms with van der Waals surface area (Å²) in [5, 5.41) is 3.16. The van der Waals surface area contributed by atoms with Crippen LogP contribution in [0.5, 0.6) is 0 Å². The molecule has 0 aromatic heterocycles. The van der Waals surface area contributed by atoms with Gasteiger partial charge in [0.25, 0.3) is 0 Å². The molecule has 0 amide bonds. The summed E-state index contributed by atoms with van der Waals surface area (Å²) in [6, 6.07) is 9.99. The second kappa shape index (κ2) is 7.50. The average Bonchev–Trinajstić information content (AvgIpc) is 2.33. The molecule has 0 atom stereocenters. The maximum absolute atomic E-state index is 5.35. The lowest BCUT2D eigenvalue weighted by Crippen LogP contribution is -2.30. The van der Waals surface area contributed by atoms with Crippen molar-refractivity contribution in [1.29, 1.82) is 0 Å². The first-order chi connectivity index (χ1) is 6.93. The monoisotopic (exact) mass is 194 g/mol. The van der Waals surface area contributed by atoms with E-state index in [0.29, 0.717) is 6.54 Å². The van der Waals surface area contributed by atoms with Crippen molar-refractivity contribution in [2.75, 3.05) is 26.3 Å². The van der Waals surface area contributed by atoms with Gasteiger partial charge in [0.2, 0.25) is 0 Å². The highest BCUT2D eigenvalue weighted by molar-refractivity contribution is 5.13. The van der Waals surface area contributed by atoms with Gasteiger partial charge in [0.1, 0.15) is 0 Å². The van der Waals surface area contributed by atoms with Gasteiger partial charge in [0.15, 0.2) is 0 Å². The van der Waals surface area contributed by atoms with Gasteiger partial charge in [0.05, 0.1) is 13.2 Å². The van der Waals surface area contributed by atoms with Crippen molar-refractivity contribution < 1.29 is 4.74 Å². The number of hydrogen-bond donors (Lipinski definition) is 2. The lowest BCUT2D eigenvalue weighted by atomic mass is 10.2. The summed E-state index contributed by atoms with van der Waals surface area (Å²) >= 11 is 0. The predicted molar refractivity (Wildman–Crippen MR) is 58.0 cm³/mol. The summed E-state index contributed by atoms with van der Waals surface area (Å²) in [5.41, 5.74) is 6.54. The van der Waals surface area contributed by atoms with Crippen LogP contribution in [0, 0.1) is 0 Å². The molecule has 0 radical (unpaired) electrons. The fourth-order valence-electron chi connectivity index (χ4n) is 1.13. The smallest absolute Gasteiger partial charge is 0.0591 e. The molecule has 1 aromatic rings. The van der Waals surface area contributed by atoms with Gasteiger partial charge >= 0.3 is 0 Å². The van der Waals surface area contributed by atoms with E-state index in [4.69, 9.17) is 10.5 Å². The third kappa shape index (κ3) is 4.97. The Kier molecular flexibility index (Phi) is 5.99. The Morgan fingerprint density at radius 2 is 1.79 bits per heavy atom. The van der Waals surface area contributed by atoms with Crippen molar-refractivity contribution in [3.8, 4) is 0 Å². The lowest BCUT2D eigenvalue weighted by molar-refractivity contribution is 0.109. The summed E-state index contributed by atoms with van der Waals surface area (Å²) in [6.07, 6.45) is 0. The van der Waals surface area contributed by atoms with E-state index in [0.717, 1.165) is 26.3 Å². The Bertz CT molecular complexity index is 210. The number of nitrogens with two attached hydrogens (primary N) is 1. The van der Waals surface area contributed by atoms with Crippen LogP contribution in [0.4, 0.5) is 0 Å². The molecule has 1 aromatic carbocycles. The molecule has 14 heavy (non-hydrogen) atoms. The molecule has 0 spiro atoms. The molecule has 78 valence electrons. The lowest BCUT2D eigenvalue weighted by Gasteiger charge is -2.10. The second-order valence-corrected chi connectivity index (χ2v) is 3.05. The molecular weight excluding hydrogens is 176 g/mol. The SMILES string of the molecule is C1COCCN1.NCc1ccccc1. The van der Waals surface area contributed by atoms with Crippen LogP contribution in [-0.2, 0) is 11.3 Å². The third-order valence-corrected chi connectivity index (χ3v) is 1.92. The maximum Gasteiger partial charge on any atom is 0.0591 e. The van der Waals surface area contributed by atoms with Gasteiger partial charge in [-0.1, -0.05) is 30.3 Å². The van der Waals surface area contributed by atoms with Crippen LogP contribution in [0.2, 0.25) is 0 Å². The highest BCUT2D eigenvalue weighted by Gasteiger charge is 1.92. The Hall–Kier alpha value is -0.900. The summed E-state index contributed by atoms with van der Waals surface area (Å²) in [6.45, 7) is 4.47. The highest BCUT2D eigenvalue weighted by atomic mass is 16.5. The molecule has 1 aliphatic rings. The van der Waals surface area contributed by atoms with Gasteiger partial charge in [0, 0.05) is 19.6 Å². The predicted octanol–water partition coefficient (Wildman–Crippen LogP) is 0.752. The van der Waals surface area contributed by atoms with Crippen LogP contribution < -0.4 is 11.1 Å². The Morgan fingerprint density at radius 3 is 2.07 bits per heavy atom. The van der Waals surface area contributed by atoms with Crippen LogP contribution in [0.1, 0.15) is 5.56 Å². The van der Waals surface area contributed by atoms with Gasteiger partial charge in [-0.25, -0.2) is 0 Å². The maximum atomic E-state index is 5.35. The zero-order chi connectivity index (χ0) is 10.1. The number of morpholine rings is 1. The molecule has 3 heteroatoms. The summed E-state index contributed by atoms with van der Waals surface area (Å²) in [7, 11) is 0. The van der Waals surface area contributed by atoms with Crippen LogP contribution in [0.15, 0.2) is 30.3 Å². The van der Waals surface area contributed by atoms with E-state index in [9.17, 15) is 0 Å². The van der Waals surface area contributed by atoms with E-state index in [1.807, 2.05) is 30.3 Å². The fraction of sp³-hybridized carbons (Fsp3) is 0.455. The standard InChI is InChI=1S/C7H9N.C4H9NO/c8-6-7-4-2-1-3-5-7;1-3-6-4-2-5-1/h1-5H,6,8H2;5H,1-4H2. The Morgan fingerprint density at radius 1 is 1.14 bits per heavy atom. The van der Waals surface area contributed by atoms with Crippen LogP contribution in [0.25, 0.3) is 0 Å². The van der Waals surface area contributed by atoms with Crippen molar-refractivity contribution >= 4 is 0 Å². The van der Waals surface area contributed by atoms with Crippen molar-refractivity contribution in [3.63, 3.8) is 0 Å². The Labute approximate surface area is 85.3 Å². The summed E-state index contributed by atoms with van der Waals surface area (Å²) in [4.78, 5) is 0. The number of hydrogen-bond acceptors (Lipinski definition) is 3. The zero-order valence-electron chi connectivity index (χ0n) is 8.41. The minimum Gasteiger partial charge on any atom is -0.379 e. The van der Waals surface area contributed by atoms with Crippen LogP contribution in [-0.4, -0.2) is 26.3 Å². The van der Waals surface area contributed by atoms with Gasteiger partial charge < -0.3 is 15.8 Å². The van der Waals surface area contributed by atoms with Crippen molar-refractivity contribution in [3.05, 3.63) is 35.9 Å². The molecular formula is C11H18N2O. The first kappa shape index (κ1) is 11.2. The van der Waals surface area contributed by atoms with Gasteiger partial charge in [-0.3, -0.25) is 0 Å². The summed E-state index contributed by atoms with van der Waals surface area (Å²) < 4.78 is 5.01. The molecule has 3 N–H and O–H groups in total. The van der Waals surface area contributed by atoms with Crippen molar-refractivity contribution in [1.82, 2.24) is 5.32 Å². The Balaban J connectivity index is 0.000000146. The normalized spacial score (nSPS) is 15.5. The first-order valence-electron chi connectivity index (χ1n) is 4.96. The molecule has 1 fully saturated rings. The van der Waals surface area contributed by atoms with Crippen LogP contribution >= 0.6 is 0 Å². The minimum atomic E-state index is 0.640. The van der Waals surface area contributed by atoms with Gasteiger partial charge in [-0.05, 0) is 5.56 Å².